The molecule has 0 saturated heterocycles. The number of nitrogens with zero attached hydrogens (tertiary/aromatic N) is 2. The fraction of sp³-hybridized carbons (Fsp3) is 0.684. The predicted molar refractivity (Wildman–Crippen MR) is 107 cm³/mol. The van der Waals surface area contributed by atoms with Gasteiger partial charge in [0.25, 0.3) is 0 Å². The number of ether oxygens (including phenoxy) is 1. The first kappa shape index (κ1) is 23.3. The molecule has 1 heterocycles. The summed E-state index contributed by atoms with van der Waals surface area (Å²) in [6.07, 6.45) is 10.7. The van der Waals surface area contributed by atoms with Crippen molar-refractivity contribution in [2.24, 2.45) is 5.73 Å². The number of hydrogen-bond acceptors (Lipinski definition) is 6. The normalized spacial score (nSPS) is 12.8. The van der Waals surface area contributed by atoms with E-state index < -0.39 is 0 Å². The first-order chi connectivity index (χ1) is 12.2. The molecule has 0 aromatic carbocycles. The maximum atomic E-state index is 5.47. The Hall–Kier alpha value is -1.66. The summed E-state index contributed by atoms with van der Waals surface area (Å²) in [4.78, 5) is 8.35. The number of anilines is 1. The Kier molecular flexibility index (Phi) is 16.0. The van der Waals surface area contributed by atoms with Gasteiger partial charge in [0, 0.05) is 32.8 Å². The van der Waals surface area contributed by atoms with Gasteiger partial charge in [0.15, 0.2) is 0 Å². The molecule has 2 rings (SSSR count). The fourth-order valence-electron chi connectivity index (χ4n) is 2.33. The lowest BCUT2D eigenvalue weighted by Crippen LogP contribution is -2.11. The number of hydrogen-bond donors (Lipinski definition) is 3. The Morgan fingerprint density at radius 1 is 1.20 bits per heavy atom. The van der Waals surface area contributed by atoms with Gasteiger partial charge in [0.2, 0.25) is 0 Å². The molecule has 0 unspecified atom stereocenters. The summed E-state index contributed by atoms with van der Waals surface area (Å²) in [6, 6.07) is 1.87. The minimum Gasteiger partial charge on any atom is -0.389 e. The second kappa shape index (κ2) is 17.2. The number of nitrogens with one attached hydrogen (secondary N) is 2. The predicted octanol–water partition coefficient (Wildman–Crippen LogP) is 3.38. The van der Waals surface area contributed by atoms with Crippen molar-refractivity contribution in [2.45, 2.75) is 58.9 Å². The van der Waals surface area contributed by atoms with E-state index in [-0.39, 0.29) is 0 Å². The van der Waals surface area contributed by atoms with Gasteiger partial charge in [-0.05, 0) is 20.0 Å². The first-order valence-electron chi connectivity index (χ1n) is 9.29. The van der Waals surface area contributed by atoms with Crippen molar-refractivity contribution in [1.82, 2.24) is 15.3 Å². The Labute approximate surface area is 153 Å². The van der Waals surface area contributed by atoms with Crippen LogP contribution in [0, 0.1) is 6.92 Å². The standard InChI is InChI=1S/C8H14N4.C6H12.C5H11NO/c1-3-10-8-4-7(5-9)11-6(2)12-8;1-2-4-6-5-3-1;1-3-6-4-5-7-2/h4H,3,5,9H2,1-2H3,(H,10,11,12);1-6H2;3,6H,1,4-5H2,2H3. The maximum Gasteiger partial charge on any atom is 0.129 e. The highest BCUT2D eigenvalue weighted by Crippen LogP contribution is 2.15. The number of nitrogens with two attached hydrogens (primary N) is 1. The van der Waals surface area contributed by atoms with Gasteiger partial charge in [-0.3, -0.25) is 0 Å². The van der Waals surface area contributed by atoms with Crippen LogP contribution in [0.25, 0.3) is 0 Å². The minimum absolute atomic E-state index is 0.460. The van der Waals surface area contributed by atoms with E-state index in [0.717, 1.165) is 37.0 Å². The molecule has 6 nitrogen and oxygen atoms in total. The molecule has 1 saturated carbocycles. The molecule has 6 heteroatoms. The average molecular weight is 352 g/mol. The van der Waals surface area contributed by atoms with Gasteiger partial charge in [0.1, 0.15) is 11.6 Å². The Bertz CT molecular complexity index is 424. The number of aryl methyl sites for hydroxylation is 1. The maximum absolute atomic E-state index is 5.47. The van der Waals surface area contributed by atoms with E-state index in [1.54, 1.807) is 13.3 Å². The lowest BCUT2D eigenvalue weighted by Gasteiger charge is -2.05. The number of methoxy groups -OCH3 is 1. The van der Waals surface area contributed by atoms with Crippen LogP contribution >= 0.6 is 0 Å². The van der Waals surface area contributed by atoms with E-state index in [1.807, 2.05) is 19.9 Å². The van der Waals surface area contributed by atoms with E-state index >= 15 is 0 Å². The molecule has 4 N–H and O–H groups in total. The molecule has 1 aromatic heterocycles. The molecule has 25 heavy (non-hydrogen) atoms. The molecule has 0 bridgehead atoms. The molecule has 144 valence electrons. The van der Waals surface area contributed by atoms with Crippen molar-refractivity contribution in [3.8, 4) is 0 Å². The van der Waals surface area contributed by atoms with Gasteiger partial charge in [-0.25, -0.2) is 9.97 Å². The molecule has 0 amide bonds. The quantitative estimate of drug-likeness (QED) is 0.653. The van der Waals surface area contributed by atoms with Crippen LogP contribution in [-0.2, 0) is 11.3 Å². The van der Waals surface area contributed by atoms with E-state index in [4.69, 9.17) is 10.5 Å². The molecule has 0 spiro atoms. The Balaban J connectivity index is 0.000000377. The van der Waals surface area contributed by atoms with Crippen molar-refractivity contribution < 1.29 is 4.74 Å². The van der Waals surface area contributed by atoms with Gasteiger partial charge >= 0.3 is 0 Å². The van der Waals surface area contributed by atoms with Crippen molar-refractivity contribution in [2.75, 3.05) is 32.1 Å². The van der Waals surface area contributed by atoms with Gasteiger partial charge in [-0.2, -0.15) is 0 Å². The van der Waals surface area contributed by atoms with Crippen molar-refractivity contribution >= 4 is 5.82 Å². The van der Waals surface area contributed by atoms with Gasteiger partial charge in [0.05, 0.1) is 12.3 Å². The summed E-state index contributed by atoms with van der Waals surface area (Å²) in [7, 11) is 1.67. The Morgan fingerprint density at radius 2 is 1.80 bits per heavy atom. The van der Waals surface area contributed by atoms with Gasteiger partial charge < -0.3 is 21.1 Å². The van der Waals surface area contributed by atoms with Crippen molar-refractivity contribution in [3.63, 3.8) is 0 Å². The Morgan fingerprint density at radius 3 is 2.24 bits per heavy atom. The molecule has 0 radical (unpaired) electrons. The molecule has 1 fully saturated rings. The molecule has 0 atom stereocenters. The minimum atomic E-state index is 0.460. The van der Waals surface area contributed by atoms with Crippen LogP contribution in [0.4, 0.5) is 5.82 Å². The molecular weight excluding hydrogens is 314 g/mol. The van der Waals surface area contributed by atoms with Crippen LogP contribution < -0.4 is 16.4 Å². The largest absolute Gasteiger partial charge is 0.389 e. The van der Waals surface area contributed by atoms with Crippen LogP contribution in [-0.4, -0.2) is 36.8 Å². The highest BCUT2D eigenvalue weighted by atomic mass is 16.5. The summed E-state index contributed by atoms with van der Waals surface area (Å²) in [5, 5.41) is 6.00. The van der Waals surface area contributed by atoms with Crippen LogP contribution in [0.3, 0.4) is 0 Å². The highest BCUT2D eigenvalue weighted by Gasteiger charge is 1.98. The monoisotopic (exact) mass is 351 g/mol. The first-order valence-corrected chi connectivity index (χ1v) is 9.29. The zero-order chi connectivity index (χ0) is 18.8. The summed E-state index contributed by atoms with van der Waals surface area (Å²) in [6.45, 7) is 10.3. The van der Waals surface area contributed by atoms with Crippen molar-refractivity contribution in [1.29, 1.82) is 0 Å². The second-order valence-corrected chi connectivity index (χ2v) is 5.80. The van der Waals surface area contributed by atoms with Crippen LogP contribution in [0.5, 0.6) is 0 Å². The number of aromatic nitrogens is 2. The molecule has 1 aliphatic rings. The topological polar surface area (TPSA) is 85.1 Å². The molecule has 0 aliphatic heterocycles. The summed E-state index contributed by atoms with van der Waals surface area (Å²) >= 11 is 0. The fourth-order valence-corrected chi connectivity index (χ4v) is 2.33. The van der Waals surface area contributed by atoms with Crippen LogP contribution in [0.1, 0.15) is 57.0 Å². The third-order valence-corrected chi connectivity index (χ3v) is 3.55. The third kappa shape index (κ3) is 14.4. The average Bonchev–Trinajstić information content (AvgIpc) is 2.64. The summed E-state index contributed by atoms with van der Waals surface area (Å²) in [5.74, 6) is 1.61. The van der Waals surface area contributed by atoms with Crippen LogP contribution in [0.15, 0.2) is 18.8 Å². The summed E-state index contributed by atoms with van der Waals surface area (Å²) in [5.41, 5.74) is 6.34. The number of rotatable bonds is 7. The van der Waals surface area contributed by atoms with E-state index in [0.29, 0.717) is 6.54 Å². The van der Waals surface area contributed by atoms with Gasteiger partial charge in [-0.1, -0.05) is 45.1 Å². The SMILES string of the molecule is C1CCCCC1.C=CNCCOC.CCNc1cc(CN)nc(C)n1. The van der Waals surface area contributed by atoms with E-state index in [2.05, 4.69) is 27.2 Å². The highest BCUT2D eigenvalue weighted by molar-refractivity contribution is 5.35. The van der Waals surface area contributed by atoms with Crippen molar-refractivity contribution in [3.05, 3.63) is 30.4 Å². The van der Waals surface area contributed by atoms with Crippen LogP contribution in [0.2, 0.25) is 0 Å². The second-order valence-electron chi connectivity index (χ2n) is 5.80. The molecule has 1 aliphatic carbocycles. The summed E-state index contributed by atoms with van der Waals surface area (Å²) < 4.78 is 4.73. The molecule has 1 aromatic rings. The zero-order valence-corrected chi connectivity index (χ0v) is 16.3. The van der Waals surface area contributed by atoms with E-state index in [9.17, 15) is 0 Å². The molecular formula is C19H37N5O. The van der Waals surface area contributed by atoms with E-state index in [1.165, 1.54) is 38.5 Å². The third-order valence-electron chi connectivity index (χ3n) is 3.55. The lowest BCUT2D eigenvalue weighted by atomic mass is 10.0. The smallest absolute Gasteiger partial charge is 0.129 e. The lowest BCUT2D eigenvalue weighted by molar-refractivity contribution is 0.203. The van der Waals surface area contributed by atoms with Gasteiger partial charge in [-0.15, -0.1) is 0 Å². The zero-order valence-electron chi connectivity index (χ0n) is 16.3.